The summed E-state index contributed by atoms with van der Waals surface area (Å²) in [6.45, 7) is 1.97. The van der Waals surface area contributed by atoms with Gasteiger partial charge in [0.1, 0.15) is 0 Å². The number of nitrogens with zero attached hydrogens (tertiary/aromatic N) is 1. The van der Waals surface area contributed by atoms with Crippen LogP contribution in [0.2, 0.25) is 0 Å². The molecular formula is C5H5BrIN. The van der Waals surface area contributed by atoms with Crippen LogP contribution in [-0.2, 0) is 0 Å². The molecule has 0 N–H and O–H groups in total. The van der Waals surface area contributed by atoms with Crippen LogP contribution in [0.1, 0.15) is 13.3 Å². The highest BCUT2D eigenvalue weighted by Crippen LogP contribution is 2.66. The monoisotopic (exact) mass is 285 g/mol. The standard InChI is InChI=1S/C5H5BrIN/c1-4(3-8)2-5(4,6)7/h2H2,1H3/t4-,5-/m1/s1. The third-order valence-corrected chi connectivity index (χ3v) is 4.23. The van der Waals surface area contributed by atoms with Crippen LogP contribution in [0.4, 0.5) is 0 Å². The molecule has 0 aromatic rings. The van der Waals surface area contributed by atoms with Gasteiger partial charge in [-0.2, -0.15) is 5.26 Å². The molecule has 1 fully saturated rings. The second kappa shape index (κ2) is 1.60. The van der Waals surface area contributed by atoms with Gasteiger partial charge in [0.15, 0.2) is 0 Å². The summed E-state index contributed by atoms with van der Waals surface area (Å²) < 4.78 is 0.0759. The van der Waals surface area contributed by atoms with Crippen molar-refractivity contribution in [3.05, 3.63) is 0 Å². The van der Waals surface area contributed by atoms with Crippen molar-refractivity contribution in [3.63, 3.8) is 0 Å². The summed E-state index contributed by atoms with van der Waals surface area (Å²) in [6.07, 6.45) is 0.969. The van der Waals surface area contributed by atoms with Gasteiger partial charge in [-0.15, -0.1) is 0 Å². The number of alkyl halides is 2. The SMILES string of the molecule is C[C@]1(C#N)C[C@@]1(Br)I. The molecule has 0 aromatic heterocycles. The zero-order valence-corrected chi connectivity index (χ0v) is 8.15. The molecule has 0 saturated heterocycles. The maximum Gasteiger partial charge on any atom is 0.0969 e. The minimum atomic E-state index is -0.104. The molecule has 1 aliphatic carbocycles. The summed E-state index contributed by atoms with van der Waals surface area (Å²) >= 11 is 5.69. The first kappa shape index (κ1) is 6.81. The van der Waals surface area contributed by atoms with Crippen molar-refractivity contribution in [2.75, 3.05) is 0 Å². The Balaban J connectivity index is 2.72. The highest BCUT2D eigenvalue weighted by Gasteiger charge is 2.62. The van der Waals surface area contributed by atoms with E-state index >= 15 is 0 Å². The first-order valence-corrected chi connectivity index (χ1v) is 4.18. The molecule has 0 heterocycles. The molecule has 0 spiro atoms. The normalized spacial score (nSPS) is 52.8. The van der Waals surface area contributed by atoms with Crippen molar-refractivity contribution in [3.8, 4) is 6.07 Å². The van der Waals surface area contributed by atoms with Gasteiger partial charge in [-0.1, -0.05) is 38.5 Å². The lowest BCUT2D eigenvalue weighted by molar-refractivity contribution is 0.769. The largest absolute Gasteiger partial charge is 0.198 e. The molecule has 2 atom stereocenters. The zero-order valence-electron chi connectivity index (χ0n) is 4.41. The highest BCUT2D eigenvalue weighted by atomic mass is 127. The van der Waals surface area contributed by atoms with Gasteiger partial charge in [0.25, 0.3) is 0 Å². The summed E-state index contributed by atoms with van der Waals surface area (Å²) in [4.78, 5) is 0. The van der Waals surface area contributed by atoms with E-state index in [0.29, 0.717) is 0 Å². The van der Waals surface area contributed by atoms with Gasteiger partial charge in [-0.05, 0) is 13.3 Å². The summed E-state index contributed by atoms with van der Waals surface area (Å²) in [5, 5.41) is 8.52. The van der Waals surface area contributed by atoms with Crippen LogP contribution < -0.4 is 0 Å². The summed E-state index contributed by atoms with van der Waals surface area (Å²) in [5.41, 5.74) is -0.104. The first-order chi connectivity index (χ1) is 3.52. The second-order valence-electron chi connectivity index (χ2n) is 2.33. The van der Waals surface area contributed by atoms with E-state index in [1.807, 2.05) is 6.92 Å². The van der Waals surface area contributed by atoms with Gasteiger partial charge in [0.2, 0.25) is 0 Å². The third kappa shape index (κ3) is 0.781. The minimum Gasteiger partial charge on any atom is -0.198 e. The average Bonchev–Trinajstić information content (AvgIpc) is 2.10. The predicted molar refractivity (Wildman–Crippen MR) is 44.0 cm³/mol. The quantitative estimate of drug-likeness (QED) is 0.495. The Morgan fingerprint density at radius 3 is 2.25 bits per heavy atom. The fraction of sp³-hybridized carbons (Fsp3) is 0.800. The molecule has 1 saturated carbocycles. The summed E-state index contributed by atoms with van der Waals surface area (Å²) in [6, 6.07) is 2.25. The fourth-order valence-electron chi connectivity index (χ4n) is 0.521. The maximum atomic E-state index is 8.52. The molecule has 0 aliphatic heterocycles. The van der Waals surface area contributed by atoms with Gasteiger partial charge < -0.3 is 0 Å². The topological polar surface area (TPSA) is 23.8 Å². The lowest BCUT2D eigenvalue weighted by atomic mass is 10.2. The van der Waals surface area contributed by atoms with E-state index in [4.69, 9.17) is 5.26 Å². The van der Waals surface area contributed by atoms with Crippen molar-refractivity contribution in [2.45, 2.75) is 15.7 Å². The third-order valence-electron chi connectivity index (χ3n) is 1.50. The Morgan fingerprint density at radius 2 is 2.25 bits per heavy atom. The Labute approximate surface area is 70.7 Å². The highest BCUT2D eigenvalue weighted by molar-refractivity contribution is 14.1. The van der Waals surface area contributed by atoms with Crippen LogP contribution in [0.25, 0.3) is 0 Å². The Hall–Kier alpha value is 0.700. The van der Waals surface area contributed by atoms with Crippen LogP contribution in [0, 0.1) is 16.7 Å². The molecule has 0 radical (unpaired) electrons. The fourth-order valence-corrected chi connectivity index (χ4v) is 2.05. The van der Waals surface area contributed by atoms with E-state index in [2.05, 4.69) is 44.6 Å². The molecule has 0 bridgehead atoms. The lowest BCUT2D eigenvalue weighted by Crippen LogP contribution is -1.97. The van der Waals surface area contributed by atoms with Crippen LogP contribution in [0.15, 0.2) is 0 Å². The molecule has 1 rings (SSSR count). The Kier molecular flexibility index (Phi) is 1.36. The second-order valence-corrected chi connectivity index (χ2v) is 7.00. The van der Waals surface area contributed by atoms with Crippen LogP contribution in [-0.4, -0.2) is 2.33 Å². The average molecular weight is 286 g/mol. The smallest absolute Gasteiger partial charge is 0.0969 e. The Morgan fingerprint density at radius 1 is 1.88 bits per heavy atom. The van der Waals surface area contributed by atoms with Crippen LogP contribution in [0.3, 0.4) is 0 Å². The van der Waals surface area contributed by atoms with Gasteiger partial charge in [0, 0.05) is 0 Å². The molecule has 3 heteroatoms. The van der Waals surface area contributed by atoms with E-state index in [1.54, 1.807) is 0 Å². The number of hydrogen-bond acceptors (Lipinski definition) is 1. The lowest BCUT2D eigenvalue weighted by Gasteiger charge is -1.97. The van der Waals surface area contributed by atoms with Gasteiger partial charge >= 0.3 is 0 Å². The van der Waals surface area contributed by atoms with Gasteiger partial charge in [0.05, 0.1) is 13.8 Å². The maximum absolute atomic E-state index is 8.52. The number of hydrogen-bond donors (Lipinski definition) is 0. The molecule has 0 unspecified atom stereocenters. The first-order valence-electron chi connectivity index (χ1n) is 2.31. The molecule has 44 valence electrons. The minimum absolute atomic E-state index is 0.0759. The van der Waals surface area contributed by atoms with E-state index < -0.39 is 0 Å². The van der Waals surface area contributed by atoms with Crippen molar-refractivity contribution in [2.24, 2.45) is 5.41 Å². The number of nitriles is 1. The zero-order chi connectivity index (χ0) is 6.41. The summed E-state index contributed by atoms with van der Waals surface area (Å²) in [5.74, 6) is 0. The van der Waals surface area contributed by atoms with Crippen molar-refractivity contribution in [1.29, 1.82) is 5.26 Å². The van der Waals surface area contributed by atoms with E-state index in [9.17, 15) is 0 Å². The van der Waals surface area contributed by atoms with Gasteiger partial charge in [-0.3, -0.25) is 0 Å². The molecular weight excluding hydrogens is 281 g/mol. The van der Waals surface area contributed by atoms with Crippen LogP contribution >= 0.6 is 38.5 Å². The van der Waals surface area contributed by atoms with Crippen molar-refractivity contribution in [1.82, 2.24) is 0 Å². The number of halogens is 2. The summed E-state index contributed by atoms with van der Waals surface area (Å²) in [7, 11) is 0. The molecule has 0 amide bonds. The van der Waals surface area contributed by atoms with E-state index in [0.717, 1.165) is 6.42 Å². The van der Waals surface area contributed by atoms with Gasteiger partial charge in [-0.25, -0.2) is 0 Å². The van der Waals surface area contributed by atoms with E-state index in [-0.39, 0.29) is 7.75 Å². The molecule has 8 heavy (non-hydrogen) atoms. The number of rotatable bonds is 0. The van der Waals surface area contributed by atoms with Crippen LogP contribution in [0.5, 0.6) is 0 Å². The van der Waals surface area contributed by atoms with E-state index in [1.165, 1.54) is 0 Å². The predicted octanol–water partition coefficient (Wildman–Crippen LogP) is 2.45. The molecule has 0 aromatic carbocycles. The van der Waals surface area contributed by atoms with Crippen molar-refractivity contribution >= 4 is 38.5 Å². The van der Waals surface area contributed by atoms with Crippen molar-refractivity contribution < 1.29 is 0 Å². The molecule has 1 nitrogen and oxygen atoms in total. The Bertz CT molecular complexity index is 160. The molecule has 1 aliphatic rings.